The Morgan fingerprint density at radius 3 is 1.40 bits per heavy atom. The molecule has 0 radical (unpaired) electrons. The molecule has 0 aromatic carbocycles. The van der Waals surface area contributed by atoms with Gasteiger partial charge in [-0.3, -0.25) is 0 Å². The van der Waals surface area contributed by atoms with E-state index >= 15 is 0 Å². The minimum absolute atomic E-state index is 0.480. The summed E-state index contributed by atoms with van der Waals surface area (Å²) in [7, 11) is 8.12. The van der Waals surface area contributed by atoms with Gasteiger partial charge in [0.15, 0.2) is 5.79 Å². The van der Waals surface area contributed by atoms with E-state index in [-0.39, 0.29) is 0 Å². The minimum Gasteiger partial charge on any atom is -0.349 e. The first-order valence-corrected chi connectivity index (χ1v) is 5.41. The Morgan fingerprint density at radius 2 is 1.13 bits per heavy atom. The highest BCUT2D eigenvalue weighted by Crippen LogP contribution is 2.10. The first-order valence-electron chi connectivity index (χ1n) is 5.41. The Morgan fingerprint density at radius 1 is 0.800 bits per heavy atom. The molecule has 92 valence electrons. The van der Waals surface area contributed by atoms with Gasteiger partial charge in [-0.25, -0.2) is 0 Å². The van der Waals surface area contributed by atoms with Gasteiger partial charge in [-0.1, -0.05) is 0 Å². The fraction of sp³-hybridized carbons (Fsp3) is 1.00. The largest absolute Gasteiger partial charge is 0.349 e. The van der Waals surface area contributed by atoms with Crippen molar-refractivity contribution >= 4 is 0 Å². The molecular weight excluding hydrogens is 192 g/mol. The van der Waals surface area contributed by atoms with E-state index in [1.807, 2.05) is 42.0 Å². The van der Waals surface area contributed by atoms with E-state index in [1.165, 1.54) is 0 Å². The van der Waals surface area contributed by atoms with Crippen molar-refractivity contribution in [1.82, 2.24) is 9.80 Å². The fourth-order valence-corrected chi connectivity index (χ4v) is 0.990. The second kappa shape index (κ2) is 7.17. The van der Waals surface area contributed by atoms with E-state index in [9.17, 15) is 0 Å². The van der Waals surface area contributed by atoms with Gasteiger partial charge < -0.3 is 19.3 Å². The van der Waals surface area contributed by atoms with E-state index in [0.717, 1.165) is 13.1 Å². The number of hydrogen-bond acceptors (Lipinski definition) is 4. The standard InChI is InChI=1S/C11H26N2O2/c1-11(2,14-9-7-12(3)4)15-10-8-13(5)6/h7-10H2,1-6H3. The Kier molecular flexibility index (Phi) is 7.09. The number of rotatable bonds is 8. The molecule has 0 aromatic heterocycles. The van der Waals surface area contributed by atoms with Crippen LogP contribution in [0.5, 0.6) is 0 Å². The molecule has 0 aliphatic carbocycles. The molecule has 0 aliphatic heterocycles. The Balaban J connectivity index is 3.57. The predicted octanol–water partition coefficient (Wildman–Crippen LogP) is 0.879. The van der Waals surface area contributed by atoms with Crippen LogP contribution in [0, 0.1) is 0 Å². The van der Waals surface area contributed by atoms with Gasteiger partial charge >= 0.3 is 0 Å². The lowest BCUT2D eigenvalue weighted by molar-refractivity contribution is -0.214. The number of nitrogens with zero attached hydrogens (tertiary/aromatic N) is 2. The minimum atomic E-state index is -0.480. The lowest BCUT2D eigenvalue weighted by Crippen LogP contribution is -2.34. The van der Waals surface area contributed by atoms with E-state index in [0.29, 0.717) is 13.2 Å². The van der Waals surface area contributed by atoms with Crippen molar-refractivity contribution in [2.24, 2.45) is 0 Å². The zero-order chi connectivity index (χ0) is 11.9. The van der Waals surface area contributed by atoms with E-state index < -0.39 is 5.79 Å². The lowest BCUT2D eigenvalue weighted by atomic mass is 10.4. The van der Waals surface area contributed by atoms with Gasteiger partial charge in [0.1, 0.15) is 0 Å². The van der Waals surface area contributed by atoms with Crippen molar-refractivity contribution in [3.8, 4) is 0 Å². The van der Waals surface area contributed by atoms with Crippen molar-refractivity contribution < 1.29 is 9.47 Å². The maximum Gasteiger partial charge on any atom is 0.162 e. The van der Waals surface area contributed by atoms with Crippen LogP contribution in [0.4, 0.5) is 0 Å². The molecule has 0 spiro atoms. The summed E-state index contributed by atoms with van der Waals surface area (Å²) >= 11 is 0. The summed E-state index contributed by atoms with van der Waals surface area (Å²) in [5, 5.41) is 0. The highest BCUT2D eigenvalue weighted by Gasteiger charge is 2.18. The van der Waals surface area contributed by atoms with E-state index in [4.69, 9.17) is 9.47 Å². The van der Waals surface area contributed by atoms with Gasteiger partial charge in [0.05, 0.1) is 13.2 Å². The summed E-state index contributed by atoms with van der Waals surface area (Å²) in [5.41, 5.74) is 0. The molecule has 0 amide bonds. The summed E-state index contributed by atoms with van der Waals surface area (Å²) in [5.74, 6) is -0.480. The van der Waals surface area contributed by atoms with Crippen LogP contribution in [0.2, 0.25) is 0 Å². The molecule has 15 heavy (non-hydrogen) atoms. The van der Waals surface area contributed by atoms with Crippen molar-refractivity contribution in [3.63, 3.8) is 0 Å². The van der Waals surface area contributed by atoms with Crippen LogP contribution in [0.15, 0.2) is 0 Å². The van der Waals surface area contributed by atoms with Gasteiger partial charge in [-0.15, -0.1) is 0 Å². The molecule has 0 fully saturated rings. The zero-order valence-electron chi connectivity index (χ0n) is 11.0. The Bertz CT molecular complexity index is 143. The van der Waals surface area contributed by atoms with Crippen molar-refractivity contribution in [3.05, 3.63) is 0 Å². The van der Waals surface area contributed by atoms with Crippen LogP contribution in [0.1, 0.15) is 13.8 Å². The normalized spacial score (nSPS) is 12.8. The third-order valence-electron chi connectivity index (χ3n) is 1.98. The lowest BCUT2D eigenvalue weighted by Gasteiger charge is -2.27. The summed E-state index contributed by atoms with van der Waals surface area (Å²) in [6, 6.07) is 0. The molecular formula is C11H26N2O2. The van der Waals surface area contributed by atoms with Crippen LogP contribution in [0.3, 0.4) is 0 Å². The molecule has 0 N–H and O–H groups in total. The first-order chi connectivity index (χ1) is 6.83. The van der Waals surface area contributed by atoms with Gasteiger partial charge in [-0.05, 0) is 42.0 Å². The third kappa shape index (κ3) is 10.1. The fourth-order valence-electron chi connectivity index (χ4n) is 0.990. The summed E-state index contributed by atoms with van der Waals surface area (Å²) in [6.07, 6.45) is 0. The quantitative estimate of drug-likeness (QED) is 0.565. The molecule has 0 aliphatic rings. The maximum absolute atomic E-state index is 5.64. The predicted molar refractivity (Wildman–Crippen MR) is 63.1 cm³/mol. The topological polar surface area (TPSA) is 24.9 Å². The van der Waals surface area contributed by atoms with Gasteiger partial charge in [-0.2, -0.15) is 0 Å². The highest BCUT2D eigenvalue weighted by molar-refractivity contribution is 4.55. The number of hydrogen-bond donors (Lipinski definition) is 0. The summed E-state index contributed by atoms with van der Waals surface area (Å²) in [4.78, 5) is 4.19. The van der Waals surface area contributed by atoms with Crippen LogP contribution in [-0.4, -0.2) is 70.1 Å². The van der Waals surface area contributed by atoms with E-state index in [1.54, 1.807) is 0 Å². The zero-order valence-corrected chi connectivity index (χ0v) is 11.0. The number of ether oxygens (including phenoxy) is 2. The van der Waals surface area contributed by atoms with Gasteiger partial charge in [0.2, 0.25) is 0 Å². The third-order valence-corrected chi connectivity index (χ3v) is 1.98. The maximum atomic E-state index is 5.64. The van der Waals surface area contributed by atoms with Gasteiger partial charge in [0.25, 0.3) is 0 Å². The molecule has 0 bridgehead atoms. The van der Waals surface area contributed by atoms with Crippen molar-refractivity contribution in [2.45, 2.75) is 19.6 Å². The second-order valence-corrected chi connectivity index (χ2v) is 4.70. The molecule has 0 saturated carbocycles. The average molecular weight is 218 g/mol. The first kappa shape index (κ1) is 14.8. The van der Waals surface area contributed by atoms with Crippen LogP contribution in [-0.2, 0) is 9.47 Å². The molecule has 0 atom stereocenters. The number of likely N-dealkylation sites (N-methyl/N-ethyl adjacent to an activating group) is 2. The van der Waals surface area contributed by atoms with Crippen LogP contribution < -0.4 is 0 Å². The molecule has 0 rings (SSSR count). The molecule has 4 nitrogen and oxygen atoms in total. The SMILES string of the molecule is CN(C)CCOC(C)(C)OCCN(C)C. The summed E-state index contributed by atoms with van der Waals surface area (Å²) in [6.45, 7) is 7.14. The molecule has 4 heteroatoms. The Hall–Kier alpha value is -0.160. The molecule has 0 unspecified atom stereocenters. The highest BCUT2D eigenvalue weighted by atomic mass is 16.7. The monoisotopic (exact) mass is 218 g/mol. The van der Waals surface area contributed by atoms with Crippen LogP contribution >= 0.6 is 0 Å². The second-order valence-electron chi connectivity index (χ2n) is 4.70. The van der Waals surface area contributed by atoms with Gasteiger partial charge in [0, 0.05) is 13.1 Å². The average Bonchev–Trinajstić information content (AvgIpc) is 2.01. The van der Waals surface area contributed by atoms with Crippen molar-refractivity contribution in [1.29, 1.82) is 0 Å². The molecule has 0 saturated heterocycles. The molecule has 0 heterocycles. The molecule has 0 aromatic rings. The Labute approximate surface area is 94.1 Å². The smallest absolute Gasteiger partial charge is 0.162 e. The van der Waals surface area contributed by atoms with Crippen molar-refractivity contribution in [2.75, 3.05) is 54.5 Å². The van der Waals surface area contributed by atoms with E-state index in [2.05, 4.69) is 9.80 Å². The summed E-state index contributed by atoms with van der Waals surface area (Å²) < 4.78 is 11.3. The van der Waals surface area contributed by atoms with Crippen LogP contribution in [0.25, 0.3) is 0 Å².